The molecule has 2 heterocycles. The summed E-state index contributed by atoms with van der Waals surface area (Å²) in [5.74, 6) is 1.89. The molecule has 0 bridgehead atoms. The second-order valence-electron chi connectivity index (χ2n) is 14.4. The monoisotopic (exact) mass is 727 g/mol. The van der Waals surface area contributed by atoms with Crippen LogP contribution in [-0.2, 0) is 0 Å². The zero-order valence-electron chi connectivity index (χ0n) is 30.8. The minimum Gasteiger partial charge on any atom is -0.455 e. The lowest BCUT2D eigenvalue weighted by molar-refractivity contribution is 0.673. The van der Waals surface area contributed by atoms with E-state index >= 15 is 0 Å². The molecule has 9 aromatic carbocycles. The maximum Gasteiger partial charge on any atom is 0.164 e. The number of hydrogen-bond donors (Lipinski definition) is 0. The summed E-state index contributed by atoms with van der Waals surface area (Å²) in [5, 5.41) is 6.94. The van der Waals surface area contributed by atoms with Crippen LogP contribution in [0.5, 0.6) is 0 Å². The predicted octanol–water partition coefficient (Wildman–Crippen LogP) is 14.1. The van der Waals surface area contributed by atoms with E-state index in [-0.39, 0.29) is 0 Å². The van der Waals surface area contributed by atoms with Crippen LogP contribution in [0.2, 0.25) is 0 Å². The van der Waals surface area contributed by atoms with Gasteiger partial charge in [-0.1, -0.05) is 170 Å². The maximum absolute atomic E-state index is 6.60. The first-order chi connectivity index (χ1) is 28.2. The van der Waals surface area contributed by atoms with Crippen LogP contribution in [0, 0.1) is 0 Å². The summed E-state index contributed by atoms with van der Waals surface area (Å²) in [6, 6.07) is 70.0. The Morgan fingerprint density at radius 3 is 1.58 bits per heavy atom. The highest BCUT2D eigenvalue weighted by Crippen LogP contribution is 2.41. The molecular formula is C53H33N3O. The van der Waals surface area contributed by atoms with E-state index in [0.29, 0.717) is 17.5 Å². The maximum atomic E-state index is 6.60. The molecule has 0 amide bonds. The molecule has 0 atom stereocenters. The van der Waals surface area contributed by atoms with Crippen molar-refractivity contribution < 1.29 is 4.42 Å². The van der Waals surface area contributed by atoms with Gasteiger partial charge >= 0.3 is 0 Å². The van der Waals surface area contributed by atoms with Gasteiger partial charge in [-0.2, -0.15) is 0 Å². The van der Waals surface area contributed by atoms with E-state index in [2.05, 4.69) is 164 Å². The van der Waals surface area contributed by atoms with E-state index in [9.17, 15) is 0 Å². The molecule has 0 saturated carbocycles. The second kappa shape index (κ2) is 13.6. The Balaban J connectivity index is 0.994. The van der Waals surface area contributed by atoms with Crippen molar-refractivity contribution in [1.82, 2.24) is 15.0 Å². The average Bonchev–Trinajstić information content (AvgIpc) is 3.67. The molecule has 0 unspecified atom stereocenters. The fraction of sp³-hybridized carbons (Fsp3) is 0. The highest BCUT2D eigenvalue weighted by molar-refractivity contribution is 6.19. The third-order valence-electron chi connectivity index (χ3n) is 10.9. The smallest absolute Gasteiger partial charge is 0.164 e. The summed E-state index contributed by atoms with van der Waals surface area (Å²) >= 11 is 0. The number of benzene rings is 9. The van der Waals surface area contributed by atoms with E-state index in [4.69, 9.17) is 19.4 Å². The van der Waals surface area contributed by atoms with Gasteiger partial charge in [0.2, 0.25) is 0 Å². The van der Waals surface area contributed by atoms with Gasteiger partial charge in [0.05, 0.1) is 0 Å². The van der Waals surface area contributed by atoms with E-state index in [0.717, 1.165) is 66.3 Å². The lowest BCUT2D eigenvalue weighted by Crippen LogP contribution is -2.00. The molecule has 4 heteroatoms. The average molecular weight is 728 g/mol. The van der Waals surface area contributed by atoms with Crippen molar-refractivity contribution in [3.8, 4) is 67.5 Å². The number of rotatable bonds is 6. The van der Waals surface area contributed by atoms with Crippen molar-refractivity contribution in [3.63, 3.8) is 0 Å². The molecular weight excluding hydrogens is 695 g/mol. The molecule has 0 aliphatic carbocycles. The molecule has 0 spiro atoms. The summed E-state index contributed by atoms with van der Waals surface area (Å²) < 4.78 is 6.60. The topological polar surface area (TPSA) is 51.8 Å². The Bertz CT molecular complexity index is 3280. The fourth-order valence-electron chi connectivity index (χ4n) is 8.00. The van der Waals surface area contributed by atoms with Gasteiger partial charge in [0.1, 0.15) is 11.2 Å². The van der Waals surface area contributed by atoms with Crippen LogP contribution < -0.4 is 0 Å². The molecule has 0 radical (unpaired) electrons. The third-order valence-corrected chi connectivity index (χ3v) is 10.9. The molecule has 0 saturated heterocycles. The van der Waals surface area contributed by atoms with Crippen LogP contribution in [0.4, 0.5) is 0 Å². The van der Waals surface area contributed by atoms with Gasteiger partial charge in [0.15, 0.2) is 17.5 Å². The van der Waals surface area contributed by atoms with Crippen molar-refractivity contribution in [2.24, 2.45) is 0 Å². The highest BCUT2D eigenvalue weighted by Gasteiger charge is 2.17. The van der Waals surface area contributed by atoms with Gasteiger partial charge in [0.25, 0.3) is 0 Å². The molecule has 0 N–H and O–H groups in total. The lowest BCUT2D eigenvalue weighted by atomic mass is 9.93. The van der Waals surface area contributed by atoms with Crippen LogP contribution in [0.3, 0.4) is 0 Å². The normalized spacial score (nSPS) is 11.5. The summed E-state index contributed by atoms with van der Waals surface area (Å²) in [7, 11) is 0. The highest BCUT2D eigenvalue weighted by atomic mass is 16.3. The first-order valence-corrected chi connectivity index (χ1v) is 19.2. The van der Waals surface area contributed by atoms with Gasteiger partial charge in [-0.3, -0.25) is 0 Å². The number of fused-ring (bicyclic) bond motifs is 6. The Kier molecular flexibility index (Phi) is 7.78. The molecule has 4 nitrogen and oxygen atoms in total. The molecule has 11 aromatic rings. The number of aromatic nitrogens is 3. The lowest BCUT2D eigenvalue weighted by Gasteiger charge is -2.10. The Morgan fingerprint density at radius 1 is 0.281 bits per heavy atom. The molecule has 0 aliphatic heterocycles. The zero-order valence-corrected chi connectivity index (χ0v) is 30.8. The van der Waals surface area contributed by atoms with Crippen molar-refractivity contribution in [2.45, 2.75) is 0 Å². The minimum atomic E-state index is 0.625. The summed E-state index contributed by atoms with van der Waals surface area (Å²) in [4.78, 5) is 15.0. The van der Waals surface area contributed by atoms with Crippen molar-refractivity contribution in [3.05, 3.63) is 200 Å². The number of furan rings is 1. The van der Waals surface area contributed by atoms with Gasteiger partial charge in [-0.25, -0.2) is 15.0 Å². The zero-order chi connectivity index (χ0) is 37.7. The van der Waals surface area contributed by atoms with Crippen LogP contribution in [-0.4, -0.2) is 15.0 Å². The fourth-order valence-corrected chi connectivity index (χ4v) is 8.00. The summed E-state index contributed by atoms with van der Waals surface area (Å²) in [6.07, 6.45) is 0. The van der Waals surface area contributed by atoms with Gasteiger partial charge < -0.3 is 4.42 Å². The Morgan fingerprint density at radius 2 is 0.807 bits per heavy atom. The largest absolute Gasteiger partial charge is 0.455 e. The van der Waals surface area contributed by atoms with E-state index < -0.39 is 0 Å². The van der Waals surface area contributed by atoms with Crippen LogP contribution in [0.1, 0.15) is 0 Å². The van der Waals surface area contributed by atoms with Crippen molar-refractivity contribution >= 4 is 43.5 Å². The van der Waals surface area contributed by atoms with Crippen LogP contribution >= 0.6 is 0 Å². The first kappa shape index (κ1) is 32.7. The van der Waals surface area contributed by atoms with Crippen LogP contribution in [0.25, 0.3) is 111 Å². The van der Waals surface area contributed by atoms with Gasteiger partial charge in [-0.05, 0) is 79.9 Å². The molecule has 266 valence electrons. The molecule has 0 fully saturated rings. The van der Waals surface area contributed by atoms with Crippen LogP contribution in [0.15, 0.2) is 205 Å². The predicted molar refractivity (Wildman–Crippen MR) is 235 cm³/mol. The van der Waals surface area contributed by atoms with Gasteiger partial charge in [0, 0.05) is 32.8 Å². The molecule has 57 heavy (non-hydrogen) atoms. The summed E-state index contributed by atoms with van der Waals surface area (Å²) in [6.45, 7) is 0. The third kappa shape index (κ3) is 5.92. The standard InChI is InChI=1S/C53H33N3O/c1-3-12-34(13-4-1)40-18-11-19-43(31-40)53-55-51(37-15-5-2-6-16-37)54-52(56-53)38-25-22-36(23-26-38)41-28-29-49-47(32-41)48-33-46(44-20-9-10-21-45(44)50(48)57-49)42-27-24-35-14-7-8-17-39(35)30-42/h1-33H. The number of hydrogen-bond acceptors (Lipinski definition) is 4. The molecule has 2 aromatic heterocycles. The van der Waals surface area contributed by atoms with Crippen molar-refractivity contribution in [2.75, 3.05) is 0 Å². The van der Waals surface area contributed by atoms with Gasteiger partial charge in [-0.15, -0.1) is 0 Å². The SMILES string of the molecule is c1ccc(-c2cccc(-c3nc(-c4ccccc4)nc(-c4ccc(-c5ccc6oc7c8ccccc8c(-c8ccc9ccccc9c8)cc7c6c5)cc4)n3)c2)cc1. The second-order valence-corrected chi connectivity index (χ2v) is 14.4. The summed E-state index contributed by atoms with van der Waals surface area (Å²) in [5.41, 5.74) is 11.4. The Hall–Kier alpha value is -7.69. The molecule has 0 aliphatic rings. The van der Waals surface area contributed by atoms with E-state index in [1.807, 2.05) is 36.4 Å². The quantitative estimate of drug-likeness (QED) is 0.171. The molecule has 11 rings (SSSR count). The number of nitrogens with zero attached hydrogens (tertiary/aromatic N) is 3. The van der Waals surface area contributed by atoms with E-state index in [1.54, 1.807) is 0 Å². The Labute approximate surface area is 329 Å². The van der Waals surface area contributed by atoms with Crippen molar-refractivity contribution in [1.29, 1.82) is 0 Å². The minimum absolute atomic E-state index is 0.625. The first-order valence-electron chi connectivity index (χ1n) is 19.2. The van der Waals surface area contributed by atoms with E-state index in [1.165, 1.54) is 27.3 Å².